The smallest absolute Gasteiger partial charge is 0.255 e. The number of aliphatic hydroxyl groups excluding tert-OH is 1. The molecule has 1 aromatic rings. The summed E-state index contributed by atoms with van der Waals surface area (Å²) in [5.74, 6) is 0.650. The summed E-state index contributed by atoms with van der Waals surface area (Å²) in [5.41, 5.74) is 0.462. The van der Waals surface area contributed by atoms with Gasteiger partial charge in [0.15, 0.2) is 0 Å². The van der Waals surface area contributed by atoms with Crippen molar-refractivity contribution in [3.8, 4) is 5.88 Å². The van der Waals surface area contributed by atoms with Gasteiger partial charge in [0, 0.05) is 18.8 Å². The van der Waals surface area contributed by atoms with Crippen molar-refractivity contribution in [3.05, 3.63) is 22.8 Å². The molecule has 1 saturated heterocycles. The molecule has 0 aliphatic carbocycles. The highest BCUT2D eigenvalue weighted by molar-refractivity contribution is 6.32. The lowest BCUT2D eigenvalue weighted by molar-refractivity contribution is 0.0681. The highest BCUT2D eigenvalue weighted by atomic mass is 35.5. The largest absolute Gasteiger partial charge is 0.476 e. The summed E-state index contributed by atoms with van der Waals surface area (Å²) in [7, 11) is 0. The Hall–Kier alpha value is -1.33. The second kappa shape index (κ2) is 7.97. The number of nitrogens with zero attached hydrogens (tertiary/aromatic N) is 2. The van der Waals surface area contributed by atoms with Gasteiger partial charge in [0.25, 0.3) is 5.91 Å². The SMILES string of the molecule is CC(C)COc1ncc(C(=O)N2CCC[C@H]2C[C@H](C)O)cc1Cl. The lowest BCUT2D eigenvalue weighted by Gasteiger charge is -2.25. The summed E-state index contributed by atoms with van der Waals surface area (Å²) in [4.78, 5) is 18.7. The molecule has 2 rings (SSSR count). The summed E-state index contributed by atoms with van der Waals surface area (Å²) in [6.07, 6.45) is 3.58. The minimum absolute atomic E-state index is 0.0816. The molecular weight excluding hydrogens is 316 g/mol. The molecule has 2 atom stereocenters. The first-order chi connectivity index (χ1) is 10.9. The first kappa shape index (κ1) is 18.0. The number of carbonyl (C=O) groups is 1. The van der Waals surface area contributed by atoms with Crippen LogP contribution in [0.5, 0.6) is 5.88 Å². The van der Waals surface area contributed by atoms with Crippen molar-refractivity contribution in [2.75, 3.05) is 13.2 Å². The van der Waals surface area contributed by atoms with E-state index in [0.29, 0.717) is 42.0 Å². The fraction of sp³-hybridized carbons (Fsp3) is 0.647. The second-order valence-electron chi connectivity index (χ2n) is 6.60. The van der Waals surface area contributed by atoms with E-state index in [1.54, 1.807) is 13.0 Å². The summed E-state index contributed by atoms with van der Waals surface area (Å²) < 4.78 is 5.53. The Bertz CT molecular complexity index is 549. The van der Waals surface area contributed by atoms with Crippen LogP contribution in [0.1, 0.15) is 50.4 Å². The molecule has 1 fully saturated rings. The van der Waals surface area contributed by atoms with Crippen LogP contribution in [-0.2, 0) is 0 Å². The molecule has 1 N–H and O–H groups in total. The Morgan fingerprint density at radius 1 is 1.52 bits per heavy atom. The van der Waals surface area contributed by atoms with Gasteiger partial charge in [-0.2, -0.15) is 0 Å². The molecule has 128 valence electrons. The maximum Gasteiger partial charge on any atom is 0.255 e. The van der Waals surface area contributed by atoms with Crippen molar-refractivity contribution in [3.63, 3.8) is 0 Å². The quantitative estimate of drug-likeness (QED) is 0.864. The first-order valence-corrected chi connectivity index (χ1v) is 8.53. The van der Waals surface area contributed by atoms with E-state index in [4.69, 9.17) is 16.3 Å². The van der Waals surface area contributed by atoms with Crippen LogP contribution >= 0.6 is 11.6 Å². The van der Waals surface area contributed by atoms with Crippen LogP contribution in [0, 0.1) is 5.92 Å². The van der Waals surface area contributed by atoms with E-state index in [9.17, 15) is 9.90 Å². The molecule has 0 spiro atoms. The molecule has 2 heterocycles. The van der Waals surface area contributed by atoms with Crippen LogP contribution in [0.2, 0.25) is 5.02 Å². The number of aliphatic hydroxyl groups is 1. The van der Waals surface area contributed by atoms with Crippen LogP contribution in [0.4, 0.5) is 0 Å². The van der Waals surface area contributed by atoms with Crippen LogP contribution in [-0.4, -0.2) is 46.2 Å². The van der Waals surface area contributed by atoms with Gasteiger partial charge in [-0.1, -0.05) is 25.4 Å². The van der Waals surface area contributed by atoms with Crippen molar-refractivity contribution < 1.29 is 14.6 Å². The molecule has 5 nitrogen and oxygen atoms in total. The molecule has 1 aliphatic heterocycles. The third kappa shape index (κ3) is 4.82. The van der Waals surface area contributed by atoms with E-state index >= 15 is 0 Å². The highest BCUT2D eigenvalue weighted by Gasteiger charge is 2.30. The number of aromatic nitrogens is 1. The standard InChI is InChI=1S/C17H25ClN2O3/c1-11(2)10-23-16-15(18)8-13(9-19-16)17(22)20-6-4-5-14(20)7-12(3)21/h8-9,11-12,14,21H,4-7,10H2,1-3H3/t12-,14-/m0/s1. The number of likely N-dealkylation sites (tertiary alicyclic amines) is 1. The van der Waals surface area contributed by atoms with Crippen molar-refractivity contribution in [2.24, 2.45) is 5.92 Å². The first-order valence-electron chi connectivity index (χ1n) is 8.16. The number of pyridine rings is 1. The van der Waals surface area contributed by atoms with Gasteiger partial charge in [-0.25, -0.2) is 4.98 Å². The number of hydrogen-bond donors (Lipinski definition) is 1. The van der Waals surface area contributed by atoms with Crippen LogP contribution < -0.4 is 4.74 Å². The number of amides is 1. The minimum Gasteiger partial charge on any atom is -0.476 e. The van der Waals surface area contributed by atoms with Crippen LogP contribution in [0.15, 0.2) is 12.3 Å². The monoisotopic (exact) mass is 340 g/mol. The third-order valence-corrected chi connectivity index (χ3v) is 4.13. The van der Waals surface area contributed by atoms with Crippen molar-refractivity contribution in [2.45, 2.75) is 52.2 Å². The Morgan fingerprint density at radius 2 is 2.26 bits per heavy atom. The van der Waals surface area contributed by atoms with Gasteiger partial charge >= 0.3 is 0 Å². The number of halogens is 1. The molecular formula is C17H25ClN2O3. The molecule has 23 heavy (non-hydrogen) atoms. The van der Waals surface area contributed by atoms with Crippen LogP contribution in [0.25, 0.3) is 0 Å². The molecule has 0 unspecified atom stereocenters. The molecule has 0 saturated carbocycles. The lowest BCUT2D eigenvalue weighted by Crippen LogP contribution is -2.37. The maximum atomic E-state index is 12.7. The number of ether oxygens (including phenoxy) is 1. The van der Waals surface area contributed by atoms with Gasteiger partial charge in [-0.05, 0) is 38.2 Å². The summed E-state index contributed by atoms with van der Waals surface area (Å²) in [6, 6.07) is 1.70. The molecule has 6 heteroatoms. The van der Waals surface area contributed by atoms with E-state index in [1.165, 1.54) is 6.20 Å². The van der Waals surface area contributed by atoms with Crippen molar-refractivity contribution in [1.82, 2.24) is 9.88 Å². The number of rotatable bonds is 6. The lowest BCUT2D eigenvalue weighted by atomic mass is 10.1. The van der Waals surface area contributed by atoms with Gasteiger partial charge in [-0.3, -0.25) is 4.79 Å². The van der Waals surface area contributed by atoms with Gasteiger partial charge in [-0.15, -0.1) is 0 Å². The topological polar surface area (TPSA) is 62.7 Å². The zero-order valence-corrected chi connectivity index (χ0v) is 14.7. The average molecular weight is 341 g/mol. The van der Waals surface area contributed by atoms with Crippen LogP contribution in [0.3, 0.4) is 0 Å². The zero-order valence-electron chi connectivity index (χ0n) is 14.0. The summed E-state index contributed by atoms with van der Waals surface area (Å²) in [6.45, 7) is 7.07. The maximum absolute atomic E-state index is 12.7. The van der Waals surface area contributed by atoms with E-state index in [-0.39, 0.29) is 11.9 Å². The molecule has 1 aromatic heterocycles. The second-order valence-corrected chi connectivity index (χ2v) is 7.00. The van der Waals surface area contributed by atoms with Gasteiger partial charge in [0.05, 0.1) is 18.3 Å². The zero-order chi connectivity index (χ0) is 17.0. The van der Waals surface area contributed by atoms with E-state index in [2.05, 4.69) is 4.98 Å². The normalized spacial score (nSPS) is 19.2. The Kier molecular flexibility index (Phi) is 6.25. The van der Waals surface area contributed by atoms with E-state index in [1.807, 2.05) is 18.7 Å². The predicted octanol–water partition coefficient (Wildman–Crippen LogP) is 3.15. The fourth-order valence-electron chi connectivity index (χ4n) is 2.80. The highest BCUT2D eigenvalue weighted by Crippen LogP contribution is 2.27. The fourth-order valence-corrected chi connectivity index (χ4v) is 3.02. The van der Waals surface area contributed by atoms with Gasteiger partial charge in [0.1, 0.15) is 5.02 Å². The number of carbonyl (C=O) groups excluding carboxylic acids is 1. The third-order valence-electron chi connectivity index (χ3n) is 3.86. The Balaban J connectivity index is 2.08. The van der Waals surface area contributed by atoms with Crippen molar-refractivity contribution in [1.29, 1.82) is 0 Å². The summed E-state index contributed by atoms with van der Waals surface area (Å²) in [5, 5.41) is 9.93. The Morgan fingerprint density at radius 3 is 2.87 bits per heavy atom. The van der Waals surface area contributed by atoms with Gasteiger partial charge in [0.2, 0.25) is 5.88 Å². The molecule has 1 amide bonds. The van der Waals surface area contributed by atoms with Crippen molar-refractivity contribution >= 4 is 17.5 Å². The Labute approximate surface area is 142 Å². The molecule has 0 bridgehead atoms. The van der Waals surface area contributed by atoms with Gasteiger partial charge < -0.3 is 14.7 Å². The number of hydrogen-bond acceptors (Lipinski definition) is 4. The molecule has 1 aliphatic rings. The van der Waals surface area contributed by atoms with E-state index < -0.39 is 6.10 Å². The van der Waals surface area contributed by atoms with E-state index in [0.717, 1.165) is 12.8 Å². The molecule has 0 radical (unpaired) electrons. The predicted molar refractivity (Wildman–Crippen MR) is 89.9 cm³/mol. The summed E-state index contributed by atoms with van der Waals surface area (Å²) >= 11 is 6.19. The average Bonchev–Trinajstić information content (AvgIpc) is 2.92. The minimum atomic E-state index is -0.415. The molecule has 0 aromatic carbocycles.